The number of hydrogen-bond acceptors (Lipinski definition) is 2. The van der Waals surface area contributed by atoms with Gasteiger partial charge in [0.2, 0.25) is 5.91 Å². The minimum absolute atomic E-state index is 0.0624. The zero-order valence-corrected chi connectivity index (χ0v) is 15.3. The van der Waals surface area contributed by atoms with Gasteiger partial charge in [0.25, 0.3) is 0 Å². The Hall–Kier alpha value is -1.84. The van der Waals surface area contributed by atoms with Crippen LogP contribution in [0, 0.1) is 0 Å². The van der Waals surface area contributed by atoms with E-state index in [-0.39, 0.29) is 18.2 Å². The van der Waals surface area contributed by atoms with E-state index in [4.69, 9.17) is 23.2 Å². The number of carbonyl (C=O) groups excluding carboxylic acids is 2. The predicted molar refractivity (Wildman–Crippen MR) is 100 cm³/mol. The molecule has 0 aromatic heterocycles. The number of hydrogen-bond donors (Lipinski definition) is 0. The smallest absolute Gasteiger partial charge is 0.223 e. The molecule has 5 heteroatoms. The number of nitrogens with zero attached hydrogens (tertiary/aromatic N) is 1. The van der Waals surface area contributed by atoms with Crippen LogP contribution in [0.2, 0.25) is 10.0 Å². The highest BCUT2D eigenvalue weighted by Gasteiger charge is 2.24. The SMILES string of the molecule is O=CCC(CC(=O)N1CCc2ccccc2C1)c1ccc(Cl)c(Cl)c1. The van der Waals surface area contributed by atoms with Crippen molar-refractivity contribution in [3.8, 4) is 0 Å². The van der Waals surface area contributed by atoms with Gasteiger partial charge in [0.1, 0.15) is 6.29 Å². The number of carbonyl (C=O) groups is 2. The van der Waals surface area contributed by atoms with E-state index >= 15 is 0 Å². The quantitative estimate of drug-likeness (QED) is 0.713. The summed E-state index contributed by atoms with van der Waals surface area (Å²) < 4.78 is 0. The summed E-state index contributed by atoms with van der Waals surface area (Å²) in [6.45, 7) is 1.34. The lowest BCUT2D eigenvalue weighted by molar-refractivity contribution is -0.132. The molecule has 3 nitrogen and oxygen atoms in total. The third-order valence-electron chi connectivity index (χ3n) is 4.70. The molecule has 0 N–H and O–H groups in total. The first-order chi connectivity index (χ1) is 12.1. The second-order valence-corrected chi connectivity index (χ2v) is 7.13. The molecule has 1 aliphatic heterocycles. The Morgan fingerprint density at radius 3 is 2.60 bits per heavy atom. The Morgan fingerprint density at radius 1 is 1.12 bits per heavy atom. The van der Waals surface area contributed by atoms with Crippen molar-refractivity contribution in [2.24, 2.45) is 0 Å². The van der Waals surface area contributed by atoms with E-state index in [9.17, 15) is 9.59 Å². The van der Waals surface area contributed by atoms with Crippen molar-refractivity contribution in [2.45, 2.75) is 31.7 Å². The fourth-order valence-electron chi connectivity index (χ4n) is 3.27. The van der Waals surface area contributed by atoms with Crippen LogP contribution in [0.4, 0.5) is 0 Å². The van der Waals surface area contributed by atoms with E-state index in [0.29, 0.717) is 29.6 Å². The Balaban J connectivity index is 1.73. The second kappa shape index (κ2) is 8.03. The summed E-state index contributed by atoms with van der Waals surface area (Å²) in [6.07, 6.45) is 2.30. The number of fused-ring (bicyclic) bond motifs is 1. The number of amides is 1. The maximum Gasteiger partial charge on any atom is 0.223 e. The molecule has 0 spiro atoms. The third kappa shape index (κ3) is 4.23. The van der Waals surface area contributed by atoms with Crippen LogP contribution in [0.5, 0.6) is 0 Å². The van der Waals surface area contributed by atoms with Crippen LogP contribution >= 0.6 is 23.2 Å². The number of benzene rings is 2. The van der Waals surface area contributed by atoms with Gasteiger partial charge in [0, 0.05) is 25.9 Å². The Labute approximate surface area is 157 Å². The van der Waals surface area contributed by atoms with Crippen molar-refractivity contribution in [3.63, 3.8) is 0 Å². The fraction of sp³-hybridized carbons (Fsp3) is 0.300. The van der Waals surface area contributed by atoms with Crippen LogP contribution in [0.3, 0.4) is 0 Å². The molecule has 1 aliphatic rings. The van der Waals surface area contributed by atoms with Gasteiger partial charge in [0.05, 0.1) is 10.0 Å². The molecule has 0 saturated heterocycles. The van der Waals surface area contributed by atoms with E-state index in [2.05, 4.69) is 12.1 Å². The highest BCUT2D eigenvalue weighted by Crippen LogP contribution is 2.30. The summed E-state index contributed by atoms with van der Waals surface area (Å²) in [5.74, 6) is -0.121. The van der Waals surface area contributed by atoms with Crippen molar-refractivity contribution >= 4 is 35.4 Å². The molecule has 2 aromatic carbocycles. The van der Waals surface area contributed by atoms with Crippen LogP contribution in [-0.2, 0) is 22.6 Å². The van der Waals surface area contributed by atoms with Crippen LogP contribution in [0.1, 0.15) is 35.4 Å². The first-order valence-corrected chi connectivity index (χ1v) is 9.07. The Morgan fingerprint density at radius 2 is 1.88 bits per heavy atom. The minimum Gasteiger partial charge on any atom is -0.338 e. The number of aldehydes is 1. The summed E-state index contributed by atoms with van der Waals surface area (Å²) in [7, 11) is 0. The predicted octanol–water partition coefficient (Wildman–Crippen LogP) is 4.64. The van der Waals surface area contributed by atoms with Gasteiger partial charge in [0.15, 0.2) is 0 Å². The van der Waals surface area contributed by atoms with E-state index in [1.54, 1.807) is 12.1 Å². The normalized spacial score (nSPS) is 14.7. The summed E-state index contributed by atoms with van der Waals surface area (Å²) in [5, 5.41) is 0.906. The highest BCUT2D eigenvalue weighted by atomic mass is 35.5. The number of halogens is 2. The molecular weight excluding hydrogens is 357 g/mol. The lowest BCUT2D eigenvalue weighted by Crippen LogP contribution is -2.36. The van der Waals surface area contributed by atoms with E-state index in [1.165, 1.54) is 11.1 Å². The first kappa shape index (κ1) is 18.0. The molecule has 25 heavy (non-hydrogen) atoms. The monoisotopic (exact) mass is 375 g/mol. The molecule has 0 saturated carbocycles. The lowest BCUT2D eigenvalue weighted by atomic mass is 9.91. The highest BCUT2D eigenvalue weighted by molar-refractivity contribution is 6.42. The van der Waals surface area contributed by atoms with Crippen molar-refractivity contribution < 1.29 is 9.59 Å². The summed E-state index contributed by atoms with van der Waals surface area (Å²) in [4.78, 5) is 25.7. The van der Waals surface area contributed by atoms with E-state index in [1.807, 2.05) is 23.1 Å². The molecule has 0 radical (unpaired) electrons. The lowest BCUT2D eigenvalue weighted by Gasteiger charge is -2.30. The van der Waals surface area contributed by atoms with Crippen LogP contribution in [0.25, 0.3) is 0 Å². The van der Waals surface area contributed by atoms with Crippen LogP contribution in [-0.4, -0.2) is 23.6 Å². The van der Waals surface area contributed by atoms with Crippen molar-refractivity contribution in [1.29, 1.82) is 0 Å². The molecule has 1 heterocycles. The Kier molecular flexibility index (Phi) is 5.77. The minimum atomic E-state index is -0.183. The maximum absolute atomic E-state index is 12.8. The topological polar surface area (TPSA) is 37.4 Å². The van der Waals surface area contributed by atoms with E-state index in [0.717, 1.165) is 18.3 Å². The van der Waals surface area contributed by atoms with Gasteiger partial charge in [-0.15, -0.1) is 0 Å². The largest absolute Gasteiger partial charge is 0.338 e. The second-order valence-electron chi connectivity index (χ2n) is 6.31. The van der Waals surface area contributed by atoms with Crippen LogP contribution < -0.4 is 0 Å². The average molecular weight is 376 g/mol. The molecule has 1 amide bonds. The standard InChI is InChI=1S/C20H19Cl2NO2/c21-18-6-5-15(11-19(18)22)16(8-10-24)12-20(25)23-9-7-14-3-1-2-4-17(14)13-23/h1-6,10-11,16H,7-9,12-13H2. The summed E-state index contributed by atoms with van der Waals surface area (Å²) >= 11 is 12.0. The van der Waals surface area contributed by atoms with Gasteiger partial charge in [-0.3, -0.25) is 4.79 Å². The molecule has 1 unspecified atom stereocenters. The summed E-state index contributed by atoms with van der Waals surface area (Å²) in [6, 6.07) is 13.5. The first-order valence-electron chi connectivity index (χ1n) is 8.31. The van der Waals surface area contributed by atoms with Crippen molar-refractivity contribution in [3.05, 3.63) is 69.2 Å². The van der Waals surface area contributed by atoms with Crippen molar-refractivity contribution in [1.82, 2.24) is 4.90 Å². The van der Waals surface area contributed by atoms with Gasteiger partial charge in [-0.2, -0.15) is 0 Å². The zero-order chi connectivity index (χ0) is 17.8. The number of rotatable bonds is 5. The molecule has 0 aliphatic carbocycles. The van der Waals surface area contributed by atoms with E-state index < -0.39 is 0 Å². The zero-order valence-electron chi connectivity index (χ0n) is 13.8. The molecule has 1 atom stereocenters. The molecule has 2 aromatic rings. The van der Waals surface area contributed by atoms with Gasteiger partial charge < -0.3 is 9.69 Å². The van der Waals surface area contributed by atoms with Gasteiger partial charge >= 0.3 is 0 Å². The molecule has 3 rings (SSSR count). The fourth-order valence-corrected chi connectivity index (χ4v) is 3.57. The molecule has 130 valence electrons. The average Bonchev–Trinajstić information content (AvgIpc) is 2.63. The summed E-state index contributed by atoms with van der Waals surface area (Å²) in [5.41, 5.74) is 3.37. The molecular formula is C20H19Cl2NO2. The van der Waals surface area contributed by atoms with Crippen LogP contribution in [0.15, 0.2) is 42.5 Å². The van der Waals surface area contributed by atoms with Crippen molar-refractivity contribution in [2.75, 3.05) is 6.54 Å². The molecule has 0 bridgehead atoms. The van der Waals surface area contributed by atoms with Gasteiger partial charge in [-0.1, -0.05) is 53.5 Å². The maximum atomic E-state index is 12.8. The molecule has 0 fully saturated rings. The Bertz CT molecular complexity index is 791. The van der Waals surface area contributed by atoms with Gasteiger partial charge in [-0.25, -0.2) is 0 Å². The van der Waals surface area contributed by atoms with Gasteiger partial charge in [-0.05, 0) is 41.2 Å². The third-order valence-corrected chi connectivity index (χ3v) is 5.44.